The molecule has 0 aliphatic carbocycles. The first-order valence-corrected chi connectivity index (χ1v) is 5.91. The lowest BCUT2D eigenvalue weighted by molar-refractivity contribution is 0.587. The van der Waals surface area contributed by atoms with Crippen LogP contribution >= 0.6 is 11.6 Å². The van der Waals surface area contributed by atoms with Crippen molar-refractivity contribution in [2.24, 2.45) is 0 Å². The Labute approximate surface area is 104 Å². The Kier molecular flexibility index (Phi) is 3.74. The molecule has 90 valence electrons. The molecule has 0 aliphatic heterocycles. The van der Waals surface area contributed by atoms with Crippen molar-refractivity contribution in [2.75, 3.05) is 0 Å². The van der Waals surface area contributed by atoms with E-state index >= 15 is 0 Å². The Bertz CT molecular complexity index is 510. The Morgan fingerprint density at radius 3 is 2.76 bits per heavy atom. The molecule has 0 unspecified atom stereocenters. The van der Waals surface area contributed by atoms with Crippen LogP contribution in [0.3, 0.4) is 0 Å². The molecule has 0 spiro atoms. The fourth-order valence-corrected chi connectivity index (χ4v) is 1.95. The van der Waals surface area contributed by atoms with Gasteiger partial charge in [0.2, 0.25) is 5.28 Å². The van der Waals surface area contributed by atoms with E-state index in [-0.39, 0.29) is 5.82 Å². The van der Waals surface area contributed by atoms with E-state index in [1.807, 2.05) is 17.6 Å². The highest BCUT2D eigenvalue weighted by Crippen LogP contribution is 2.13. The van der Waals surface area contributed by atoms with Crippen molar-refractivity contribution in [1.82, 2.24) is 14.8 Å². The average Bonchev–Trinajstić information content (AvgIpc) is 2.69. The van der Waals surface area contributed by atoms with Gasteiger partial charge in [-0.2, -0.15) is 0 Å². The van der Waals surface area contributed by atoms with Crippen molar-refractivity contribution >= 4 is 11.6 Å². The van der Waals surface area contributed by atoms with Gasteiger partial charge >= 0.3 is 0 Å². The van der Waals surface area contributed by atoms with Gasteiger partial charge in [0.25, 0.3) is 0 Å². The van der Waals surface area contributed by atoms with Crippen LogP contribution in [0.5, 0.6) is 0 Å². The monoisotopic (exact) mass is 253 g/mol. The number of benzene rings is 1. The highest BCUT2D eigenvalue weighted by atomic mass is 35.5. The zero-order chi connectivity index (χ0) is 12.3. The van der Waals surface area contributed by atoms with Crippen LogP contribution in [0, 0.1) is 5.82 Å². The van der Waals surface area contributed by atoms with Gasteiger partial charge in [-0.05, 0) is 29.7 Å². The third-order valence-electron chi connectivity index (χ3n) is 2.66. The smallest absolute Gasteiger partial charge is 0.225 e. The second kappa shape index (κ2) is 5.27. The molecule has 0 radical (unpaired) electrons. The summed E-state index contributed by atoms with van der Waals surface area (Å²) < 4.78 is 15.2. The van der Waals surface area contributed by atoms with Crippen LogP contribution in [0.25, 0.3) is 0 Å². The van der Waals surface area contributed by atoms with Crippen molar-refractivity contribution < 1.29 is 4.39 Å². The molecular weight excluding hydrogens is 241 g/mol. The summed E-state index contributed by atoms with van der Waals surface area (Å²) in [5.74, 6) is 0.640. The first kappa shape index (κ1) is 12.0. The van der Waals surface area contributed by atoms with E-state index in [1.165, 1.54) is 6.07 Å². The second-order valence-electron chi connectivity index (χ2n) is 3.73. The molecule has 1 aromatic heterocycles. The van der Waals surface area contributed by atoms with Gasteiger partial charge < -0.3 is 4.57 Å². The minimum Gasteiger partial charge on any atom is -0.301 e. The summed E-state index contributed by atoms with van der Waals surface area (Å²) in [6.45, 7) is 2.58. The zero-order valence-corrected chi connectivity index (χ0v) is 10.3. The normalized spacial score (nSPS) is 10.8. The molecule has 0 fully saturated rings. The Hall–Kier alpha value is -1.42. The quantitative estimate of drug-likeness (QED) is 0.839. The zero-order valence-electron chi connectivity index (χ0n) is 9.53. The number of nitrogens with zero attached hydrogens (tertiary/aromatic N) is 3. The van der Waals surface area contributed by atoms with Crippen LogP contribution in [-0.4, -0.2) is 14.8 Å². The minimum absolute atomic E-state index is 0.185. The van der Waals surface area contributed by atoms with Crippen molar-refractivity contribution in [3.8, 4) is 0 Å². The molecule has 0 saturated carbocycles. The van der Waals surface area contributed by atoms with Gasteiger partial charge in [-0.25, -0.2) is 4.39 Å². The molecule has 1 heterocycles. The maximum Gasteiger partial charge on any atom is 0.225 e. The highest BCUT2D eigenvalue weighted by molar-refractivity contribution is 6.28. The molecule has 0 amide bonds. The van der Waals surface area contributed by atoms with Gasteiger partial charge in [0.15, 0.2) is 0 Å². The van der Waals surface area contributed by atoms with E-state index in [9.17, 15) is 4.39 Å². The number of hydrogen-bond donors (Lipinski definition) is 0. The molecule has 0 atom stereocenters. The highest BCUT2D eigenvalue weighted by Gasteiger charge is 2.09. The first-order chi connectivity index (χ1) is 8.22. The van der Waals surface area contributed by atoms with Gasteiger partial charge in [0.1, 0.15) is 11.6 Å². The molecule has 2 rings (SSSR count). The summed E-state index contributed by atoms with van der Waals surface area (Å²) >= 11 is 5.93. The lowest BCUT2D eigenvalue weighted by atomic mass is 10.1. The number of hydrogen-bond acceptors (Lipinski definition) is 2. The van der Waals surface area contributed by atoms with Crippen LogP contribution < -0.4 is 0 Å². The predicted octanol–water partition coefficient (Wildman–Crippen LogP) is 2.88. The van der Waals surface area contributed by atoms with Crippen LogP contribution in [0.4, 0.5) is 4.39 Å². The molecule has 17 heavy (non-hydrogen) atoms. The molecule has 0 bridgehead atoms. The molecule has 2 aromatic rings. The largest absolute Gasteiger partial charge is 0.301 e. The maximum atomic E-state index is 13.4. The number of aryl methyl sites for hydroxylation is 2. The molecular formula is C12H13ClFN3. The van der Waals surface area contributed by atoms with E-state index in [2.05, 4.69) is 10.2 Å². The summed E-state index contributed by atoms with van der Waals surface area (Å²) in [5, 5.41) is 8.12. The fourth-order valence-electron chi connectivity index (χ4n) is 1.73. The van der Waals surface area contributed by atoms with Crippen LogP contribution in [0.1, 0.15) is 18.3 Å². The second-order valence-corrected chi connectivity index (χ2v) is 4.07. The Morgan fingerprint density at radius 2 is 2.06 bits per heavy atom. The number of aromatic nitrogens is 3. The van der Waals surface area contributed by atoms with Gasteiger partial charge in [0, 0.05) is 13.0 Å². The van der Waals surface area contributed by atoms with Crippen molar-refractivity contribution in [2.45, 2.75) is 26.3 Å². The molecule has 1 aromatic carbocycles. The lowest BCUT2D eigenvalue weighted by Gasteiger charge is -2.07. The maximum absolute atomic E-state index is 13.4. The summed E-state index contributed by atoms with van der Waals surface area (Å²) in [4.78, 5) is 0. The topological polar surface area (TPSA) is 30.7 Å². The predicted molar refractivity (Wildman–Crippen MR) is 64.5 cm³/mol. The van der Waals surface area contributed by atoms with E-state index in [4.69, 9.17) is 11.6 Å². The summed E-state index contributed by atoms with van der Waals surface area (Å²) in [6, 6.07) is 6.75. The van der Waals surface area contributed by atoms with Crippen molar-refractivity contribution in [3.05, 3.63) is 46.8 Å². The number of halogens is 2. The van der Waals surface area contributed by atoms with Crippen LogP contribution in [0.15, 0.2) is 24.3 Å². The van der Waals surface area contributed by atoms with Gasteiger partial charge in [-0.15, -0.1) is 10.2 Å². The van der Waals surface area contributed by atoms with Crippen LogP contribution in [-0.2, 0) is 19.4 Å². The van der Waals surface area contributed by atoms with E-state index in [1.54, 1.807) is 12.1 Å². The molecule has 0 aliphatic rings. The van der Waals surface area contributed by atoms with E-state index in [0.717, 1.165) is 12.2 Å². The Balaban J connectivity index is 2.12. The van der Waals surface area contributed by atoms with Gasteiger partial charge in [-0.3, -0.25) is 0 Å². The molecule has 0 N–H and O–H groups in total. The average molecular weight is 254 g/mol. The number of rotatable bonds is 4. The van der Waals surface area contributed by atoms with E-state index < -0.39 is 0 Å². The molecule has 0 saturated heterocycles. The van der Waals surface area contributed by atoms with E-state index in [0.29, 0.717) is 23.8 Å². The Morgan fingerprint density at radius 1 is 1.29 bits per heavy atom. The van der Waals surface area contributed by atoms with Crippen molar-refractivity contribution in [1.29, 1.82) is 0 Å². The molecule has 3 nitrogen and oxygen atoms in total. The lowest BCUT2D eigenvalue weighted by Crippen LogP contribution is -2.06. The SMILES string of the molecule is CCc1nnc(Cl)n1CCc1ccccc1F. The van der Waals surface area contributed by atoms with Crippen molar-refractivity contribution in [3.63, 3.8) is 0 Å². The summed E-state index contributed by atoms with van der Waals surface area (Å²) in [7, 11) is 0. The summed E-state index contributed by atoms with van der Waals surface area (Å²) in [5.41, 5.74) is 0.680. The van der Waals surface area contributed by atoms with Gasteiger partial charge in [-0.1, -0.05) is 25.1 Å². The minimum atomic E-state index is -0.185. The molecule has 5 heteroatoms. The first-order valence-electron chi connectivity index (χ1n) is 5.53. The third-order valence-corrected chi connectivity index (χ3v) is 2.94. The summed E-state index contributed by atoms with van der Waals surface area (Å²) in [6.07, 6.45) is 1.34. The standard InChI is InChI=1S/C12H13ClFN3/c1-2-11-15-16-12(13)17(11)8-7-9-5-3-4-6-10(9)14/h3-6H,2,7-8H2,1H3. The third kappa shape index (κ3) is 2.64. The van der Waals surface area contributed by atoms with Gasteiger partial charge in [0.05, 0.1) is 0 Å². The van der Waals surface area contributed by atoms with Crippen LogP contribution in [0.2, 0.25) is 5.28 Å². The fraction of sp³-hybridized carbons (Fsp3) is 0.333.